The number of carbonyl (C=O) groups is 2. The van der Waals surface area contributed by atoms with E-state index in [0.29, 0.717) is 34.2 Å². The van der Waals surface area contributed by atoms with Gasteiger partial charge in [0.2, 0.25) is 0 Å². The summed E-state index contributed by atoms with van der Waals surface area (Å²) in [6.07, 6.45) is 0. The largest absolute Gasteiger partial charge is 0.489 e. The average molecular weight is 488 g/mol. The molecule has 0 unspecified atom stereocenters. The number of nitrogens with one attached hydrogen (secondary N) is 3. The normalized spacial score (nSPS) is 10.2. The molecule has 0 bridgehead atoms. The maximum absolute atomic E-state index is 12.6. The van der Waals surface area contributed by atoms with Crippen LogP contribution in [0.25, 0.3) is 0 Å². The molecule has 4 aromatic rings. The molecular weight excluding hydrogens is 466 g/mol. The molecule has 0 spiro atoms. The first kappa shape index (κ1) is 23.2. The highest BCUT2D eigenvalue weighted by Gasteiger charge is 2.10. The van der Waals surface area contributed by atoms with Gasteiger partial charge in [-0.25, -0.2) is 0 Å². The van der Waals surface area contributed by atoms with Crippen LogP contribution in [0.3, 0.4) is 0 Å². The average Bonchev–Trinajstić information content (AvgIpc) is 3.40. The van der Waals surface area contributed by atoms with E-state index in [9.17, 15) is 9.59 Å². The van der Waals surface area contributed by atoms with Gasteiger partial charge in [0.15, 0.2) is 5.11 Å². The van der Waals surface area contributed by atoms with Crippen LogP contribution in [0.15, 0.2) is 96.4 Å². The van der Waals surface area contributed by atoms with E-state index in [1.54, 1.807) is 54.6 Å². The fourth-order valence-corrected chi connectivity index (χ4v) is 3.87. The monoisotopic (exact) mass is 487 g/mol. The van der Waals surface area contributed by atoms with E-state index in [1.807, 2.05) is 41.8 Å². The molecule has 0 radical (unpaired) electrons. The molecule has 34 heavy (non-hydrogen) atoms. The van der Waals surface area contributed by atoms with Gasteiger partial charge in [-0.1, -0.05) is 42.5 Å². The minimum Gasteiger partial charge on any atom is -0.489 e. The standard InChI is InChI=1S/C26H21N3O3S2/c30-24(19-8-4-9-22(16-19)32-17-18-6-2-1-3-7-18)29-26(33)28-21-13-11-20(12-14-21)27-25(31)23-10-5-15-34-23/h1-16H,17H2,(H,27,31)(H2,28,29,30,33). The second kappa shape index (κ2) is 11.2. The molecular formula is C26H21N3O3S2. The number of hydrogen-bond acceptors (Lipinski definition) is 5. The van der Waals surface area contributed by atoms with Crippen LogP contribution >= 0.6 is 23.6 Å². The highest BCUT2D eigenvalue weighted by molar-refractivity contribution is 7.80. The lowest BCUT2D eigenvalue weighted by Gasteiger charge is -2.11. The number of thiophene rings is 1. The number of ether oxygens (including phenoxy) is 1. The first-order valence-electron chi connectivity index (χ1n) is 10.4. The number of benzene rings is 3. The molecule has 0 aliphatic rings. The quantitative estimate of drug-likeness (QED) is 0.291. The van der Waals surface area contributed by atoms with Crippen molar-refractivity contribution in [1.82, 2.24) is 5.32 Å². The Bertz CT molecular complexity index is 1270. The zero-order chi connectivity index (χ0) is 23.8. The summed E-state index contributed by atoms with van der Waals surface area (Å²) < 4.78 is 5.79. The third-order valence-corrected chi connectivity index (χ3v) is 5.79. The van der Waals surface area contributed by atoms with Crippen LogP contribution in [0.1, 0.15) is 25.6 Å². The summed E-state index contributed by atoms with van der Waals surface area (Å²) in [6.45, 7) is 0.412. The Hall–Kier alpha value is -4.01. The SMILES string of the molecule is O=C(NC(=S)Nc1ccc(NC(=O)c2cccs2)cc1)c1cccc(OCc2ccccc2)c1. The van der Waals surface area contributed by atoms with E-state index in [4.69, 9.17) is 17.0 Å². The predicted octanol–water partition coefficient (Wildman–Crippen LogP) is 5.71. The molecule has 6 nitrogen and oxygen atoms in total. The van der Waals surface area contributed by atoms with Crippen molar-refractivity contribution in [2.24, 2.45) is 0 Å². The Morgan fingerprint density at radius 3 is 2.24 bits per heavy atom. The first-order chi connectivity index (χ1) is 16.6. The lowest BCUT2D eigenvalue weighted by molar-refractivity contribution is 0.0976. The van der Waals surface area contributed by atoms with Gasteiger partial charge in [-0.15, -0.1) is 11.3 Å². The molecule has 3 aromatic carbocycles. The van der Waals surface area contributed by atoms with Gasteiger partial charge in [0, 0.05) is 16.9 Å². The number of rotatable bonds is 7. The van der Waals surface area contributed by atoms with Crippen molar-refractivity contribution in [3.63, 3.8) is 0 Å². The summed E-state index contributed by atoms with van der Waals surface area (Å²) in [5.74, 6) is 0.0894. The highest BCUT2D eigenvalue weighted by Crippen LogP contribution is 2.17. The Kier molecular flexibility index (Phi) is 7.64. The number of anilines is 2. The van der Waals surface area contributed by atoms with Gasteiger partial charge in [0.1, 0.15) is 12.4 Å². The lowest BCUT2D eigenvalue weighted by Crippen LogP contribution is -2.34. The number of amides is 2. The van der Waals surface area contributed by atoms with Crippen molar-refractivity contribution in [2.75, 3.05) is 10.6 Å². The third kappa shape index (κ3) is 6.50. The number of thiocarbonyl (C=S) groups is 1. The topological polar surface area (TPSA) is 79.5 Å². The molecule has 0 aliphatic heterocycles. The third-order valence-electron chi connectivity index (χ3n) is 4.72. The van der Waals surface area contributed by atoms with Gasteiger partial charge in [0.25, 0.3) is 11.8 Å². The van der Waals surface area contributed by atoms with Gasteiger partial charge < -0.3 is 15.4 Å². The first-order valence-corrected chi connectivity index (χ1v) is 11.7. The smallest absolute Gasteiger partial charge is 0.265 e. The summed E-state index contributed by atoms with van der Waals surface area (Å²) in [6, 6.07) is 27.4. The van der Waals surface area contributed by atoms with E-state index in [0.717, 1.165) is 5.56 Å². The van der Waals surface area contributed by atoms with E-state index >= 15 is 0 Å². The summed E-state index contributed by atoms with van der Waals surface area (Å²) in [4.78, 5) is 25.4. The fourth-order valence-electron chi connectivity index (χ4n) is 3.04. The van der Waals surface area contributed by atoms with Crippen LogP contribution < -0.4 is 20.7 Å². The number of carbonyl (C=O) groups excluding carboxylic acids is 2. The number of hydrogen-bond donors (Lipinski definition) is 3. The minimum absolute atomic E-state index is 0.159. The summed E-state index contributed by atoms with van der Waals surface area (Å²) in [5, 5.41) is 10.5. The van der Waals surface area contributed by atoms with Crippen LogP contribution in [-0.4, -0.2) is 16.9 Å². The molecule has 3 N–H and O–H groups in total. The predicted molar refractivity (Wildman–Crippen MR) is 140 cm³/mol. The Morgan fingerprint density at radius 2 is 1.53 bits per heavy atom. The van der Waals surface area contributed by atoms with E-state index < -0.39 is 0 Å². The minimum atomic E-state index is -0.345. The van der Waals surface area contributed by atoms with Crippen LogP contribution in [0, 0.1) is 0 Å². The molecule has 8 heteroatoms. The van der Waals surface area contributed by atoms with Crippen LogP contribution in [0.5, 0.6) is 5.75 Å². The van der Waals surface area contributed by atoms with Crippen molar-refractivity contribution < 1.29 is 14.3 Å². The molecule has 1 heterocycles. The van der Waals surface area contributed by atoms with Crippen molar-refractivity contribution in [3.05, 3.63) is 112 Å². The van der Waals surface area contributed by atoms with Gasteiger partial charge in [-0.2, -0.15) is 0 Å². The molecule has 170 valence electrons. The highest BCUT2D eigenvalue weighted by atomic mass is 32.1. The van der Waals surface area contributed by atoms with Crippen LogP contribution in [0.4, 0.5) is 11.4 Å². The Morgan fingerprint density at radius 1 is 0.794 bits per heavy atom. The summed E-state index contributed by atoms with van der Waals surface area (Å²) >= 11 is 6.65. The van der Waals surface area contributed by atoms with Crippen molar-refractivity contribution >= 4 is 51.9 Å². The second-order valence-electron chi connectivity index (χ2n) is 7.22. The van der Waals surface area contributed by atoms with Crippen molar-refractivity contribution in [3.8, 4) is 5.75 Å². The van der Waals surface area contributed by atoms with Gasteiger partial charge >= 0.3 is 0 Å². The maximum atomic E-state index is 12.6. The molecule has 0 saturated carbocycles. The van der Waals surface area contributed by atoms with E-state index in [-0.39, 0.29) is 16.9 Å². The Balaban J connectivity index is 1.29. The summed E-state index contributed by atoms with van der Waals surface area (Å²) in [7, 11) is 0. The molecule has 0 saturated heterocycles. The molecule has 0 aliphatic carbocycles. The van der Waals surface area contributed by atoms with Gasteiger partial charge in [-0.3, -0.25) is 14.9 Å². The molecule has 0 fully saturated rings. The van der Waals surface area contributed by atoms with Crippen LogP contribution in [-0.2, 0) is 6.61 Å². The summed E-state index contributed by atoms with van der Waals surface area (Å²) in [5.41, 5.74) is 2.81. The van der Waals surface area contributed by atoms with Gasteiger partial charge in [0.05, 0.1) is 4.88 Å². The zero-order valence-corrected chi connectivity index (χ0v) is 19.6. The Labute approximate surface area is 206 Å². The molecule has 1 aromatic heterocycles. The van der Waals surface area contributed by atoms with E-state index in [1.165, 1.54) is 11.3 Å². The van der Waals surface area contributed by atoms with E-state index in [2.05, 4.69) is 16.0 Å². The molecule has 2 amide bonds. The molecule has 4 rings (SSSR count). The van der Waals surface area contributed by atoms with Gasteiger partial charge in [-0.05, 0) is 71.7 Å². The van der Waals surface area contributed by atoms with Crippen molar-refractivity contribution in [1.29, 1.82) is 0 Å². The maximum Gasteiger partial charge on any atom is 0.265 e. The van der Waals surface area contributed by atoms with Crippen molar-refractivity contribution in [2.45, 2.75) is 6.61 Å². The lowest BCUT2D eigenvalue weighted by atomic mass is 10.2. The van der Waals surface area contributed by atoms with Crippen LogP contribution in [0.2, 0.25) is 0 Å². The molecule has 0 atom stereocenters. The second-order valence-corrected chi connectivity index (χ2v) is 8.58. The fraction of sp³-hybridized carbons (Fsp3) is 0.0385. The zero-order valence-electron chi connectivity index (χ0n) is 18.0.